The van der Waals surface area contributed by atoms with Crippen LogP contribution in [0.5, 0.6) is 0 Å². The average Bonchev–Trinajstić information content (AvgIpc) is 2.87. The Kier molecular flexibility index (Phi) is 8.28. The molecule has 0 spiro atoms. The highest BCUT2D eigenvalue weighted by molar-refractivity contribution is 6.29. The summed E-state index contributed by atoms with van der Waals surface area (Å²) in [6.07, 6.45) is 12.7. The van der Waals surface area contributed by atoms with Gasteiger partial charge in [0.15, 0.2) is 5.15 Å². The Morgan fingerprint density at radius 3 is 1.95 bits per heavy atom. The molecule has 0 saturated heterocycles. The summed E-state index contributed by atoms with van der Waals surface area (Å²) < 4.78 is 5.46. The van der Waals surface area contributed by atoms with Crippen molar-refractivity contribution >= 4 is 11.6 Å². The Hall–Kier alpha value is -0.500. The molecule has 1 aromatic heterocycles. The SMILES string of the molecule is CCCCCCC(C)(CCCCCC)c1cc(Cl)no1. The maximum atomic E-state index is 5.93. The molecule has 1 heterocycles. The van der Waals surface area contributed by atoms with Crippen LogP contribution in [0.25, 0.3) is 0 Å². The molecule has 1 rings (SSSR count). The van der Waals surface area contributed by atoms with E-state index in [1.807, 2.05) is 6.07 Å². The summed E-state index contributed by atoms with van der Waals surface area (Å²) in [7, 11) is 0. The lowest BCUT2D eigenvalue weighted by Gasteiger charge is -2.27. The smallest absolute Gasteiger partial charge is 0.172 e. The Morgan fingerprint density at radius 2 is 1.55 bits per heavy atom. The lowest BCUT2D eigenvalue weighted by Crippen LogP contribution is -2.21. The molecule has 0 aliphatic heterocycles. The van der Waals surface area contributed by atoms with E-state index in [2.05, 4.69) is 25.9 Å². The molecule has 20 heavy (non-hydrogen) atoms. The van der Waals surface area contributed by atoms with E-state index in [1.165, 1.54) is 64.2 Å². The second-order valence-electron chi connectivity index (χ2n) is 6.20. The van der Waals surface area contributed by atoms with Gasteiger partial charge in [-0.15, -0.1) is 0 Å². The maximum absolute atomic E-state index is 5.93. The van der Waals surface area contributed by atoms with Crippen molar-refractivity contribution in [1.82, 2.24) is 5.16 Å². The fourth-order valence-electron chi connectivity index (χ4n) is 2.79. The van der Waals surface area contributed by atoms with Crippen molar-refractivity contribution < 1.29 is 4.52 Å². The van der Waals surface area contributed by atoms with E-state index in [0.717, 1.165) is 5.76 Å². The molecule has 1 aromatic rings. The molecule has 0 radical (unpaired) electrons. The first kappa shape index (κ1) is 17.6. The molecule has 3 heteroatoms. The molecular formula is C17H30ClNO. The zero-order chi connectivity index (χ0) is 14.8. The normalized spacial score (nSPS) is 12.0. The van der Waals surface area contributed by atoms with Crippen LogP contribution in [0.1, 0.15) is 90.7 Å². The van der Waals surface area contributed by atoms with Gasteiger partial charge in [-0.2, -0.15) is 0 Å². The van der Waals surface area contributed by atoms with Crippen molar-refractivity contribution in [2.45, 2.75) is 90.4 Å². The zero-order valence-corrected chi connectivity index (χ0v) is 14.1. The lowest BCUT2D eigenvalue weighted by atomic mass is 9.77. The summed E-state index contributed by atoms with van der Waals surface area (Å²) in [5, 5.41) is 4.34. The molecule has 116 valence electrons. The van der Waals surface area contributed by atoms with Crippen LogP contribution < -0.4 is 0 Å². The van der Waals surface area contributed by atoms with Crippen molar-refractivity contribution in [1.29, 1.82) is 0 Å². The van der Waals surface area contributed by atoms with E-state index in [4.69, 9.17) is 16.1 Å². The summed E-state index contributed by atoms with van der Waals surface area (Å²) in [4.78, 5) is 0. The molecular weight excluding hydrogens is 270 g/mol. The maximum Gasteiger partial charge on any atom is 0.172 e. The van der Waals surface area contributed by atoms with E-state index in [0.29, 0.717) is 5.15 Å². The number of hydrogen-bond acceptors (Lipinski definition) is 2. The summed E-state index contributed by atoms with van der Waals surface area (Å²) in [6, 6.07) is 1.90. The Bertz CT molecular complexity index is 350. The molecule has 0 aromatic carbocycles. The van der Waals surface area contributed by atoms with Gasteiger partial charge < -0.3 is 4.52 Å². The van der Waals surface area contributed by atoms with Gasteiger partial charge in [-0.05, 0) is 12.8 Å². The van der Waals surface area contributed by atoms with E-state index in [1.54, 1.807) is 0 Å². The Balaban J connectivity index is 2.57. The fourth-order valence-corrected chi connectivity index (χ4v) is 2.93. The second-order valence-corrected chi connectivity index (χ2v) is 6.58. The summed E-state index contributed by atoms with van der Waals surface area (Å²) in [5.41, 5.74) is 0.0988. The molecule has 0 bridgehead atoms. The molecule has 2 nitrogen and oxygen atoms in total. The fraction of sp³-hybridized carbons (Fsp3) is 0.824. The first-order valence-corrected chi connectivity index (χ1v) is 8.63. The van der Waals surface area contributed by atoms with Gasteiger partial charge in [-0.1, -0.05) is 88.9 Å². The van der Waals surface area contributed by atoms with Gasteiger partial charge in [-0.25, -0.2) is 0 Å². The van der Waals surface area contributed by atoms with Crippen molar-refractivity contribution in [3.8, 4) is 0 Å². The van der Waals surface area contributed by atoms with E-state index >= 15 is 0 Å². The predicted octanol–water partition coefficient (Wildman–Crippen LogP) is 6.53. The number of hydrogen-bond donors (Lipinski definition) is 0. The number of rotatable bonds is 11. The predicted molar refractivity (Wildman–Crippen MR) is 86.4 cm³/mol. The Labute approximate surface area is 129 Å². The van der Waals surface area contributed by atoms with Crippen LogP contribution in [0.3, 0.4) is 0 Å². The van der Waals surface area contributed by atoms with Crippen molar-refractivity contribution in [3.63, 3.8) is 0 Å². The van der Waals surface area contributed by atoms with Crippen LogP contribution >= 0.6 is 11.6 Å². The van der Waals surface area contributed by atoms with Crippen molar-refractivity contribution in [3.05, 3.63) is 17.0 Å². The van der Waals surface area contributed by atoms with Crippen LogP contribution in [-0.4, -0.2) is 5.16 Å². The van der Waals surface area contributed by atoms with Gasteiger partial charge in [0.2, 0.25) is 0 Å². The average molecular weight is 300 g/mol. The third-order valence-electron chi connectivity index (χ3n) is 4.24. The zero-order valence-electron chi connectivity index (χ0n) is 13.4. The third kappa shape index (κ3) is 5.87. The van der Waals surface area contributed by atoms with Gasteiger partial charge in [0.25, 0.3) is 0 Å². The van der Waals surface area contributed by atoms with Crippen molar-refractivity contribution in [2.75, 3.05) is 0 Å². The van der Waals surface area contributed by atoms with E-state index in [9.17, 15) is 0 Å². The molecule has 0 fully saturated rings. The molecule has 0 N–H and O–H groups in total. The lowest BCUT2D eigenvalue weighted by molar-refractivity contribution is 0.263. The largest absolute Gasteiger partial charge is 0.359 e. The van der Waals surface area contributed by atoms with Gasteiger partial charge in [-0.3, -0.25) is 0 Å². The minimum Gasteiger partial charge on any atom is -0.359 e. The quantitative estimate of drug-likeness (QED) is 0.434. The van der Waals surface area contributed by atoms with Crippen LogP contribution in [0, 0.1) is 0 Å². The molecule has 0 amide bonds. The van der Waals surface area contributed by atoms with Gasteiger partial charge in [0, 0.05) is 11.5 Å². The first-order valence-electron chi connectivity index (χ1n) is 8.25. The number of halogens is 1. The highest BCUT2D eigenvalue weighted by Gasteiger charge is 2.30. The van der Waals surface area contributed by atoms with Crippen LogP contribution in [0.15, 0.2) is 10.6 Å². The summed E-state index contributed by atoms with van der Waals surface area (Å²) in [5.74, 6) is 0.968. The number of aromatic nitrogens is 1. The summed E-state index contributed by atoms with van der Waals surface area (Å²) in [6.45, 7) is 6.81. The number of unbranched alkanes of at least 4 members (excludes halogenated alkanes) is 6. The molecule has 0 atom stereocenters. The monoisotopic (exact) mass is 299 g/mol. The van der Waals surface area contributed by atoms with Gasteiger partial charge >= 0.3 is 0 Å². The van der Waals surface area contributed by atoms with E-state index < -0.39 is 0 Å². The molecule has 0 unspecified atom stereocenters. The third-order valence-corrected chi connectivity index (χ3v) is 4.42. The van der Waals surface area contributed by atoms with Crippen LogP contribution in [0.2, 0.25) is 5.15 Å². The Morgan fingerprint density at radius 1 is 1.00 bits per heavy atom. The van der Waals surface area contributed by atoms with Crippen LogP contribution in [0.4, 0.5) is 0 Å². The molecule has 0 saturated carbocycles. The molecule has 0 aliphatic carbocycles. The summed E-state index contributed by atoms with van der Waals surface area (Å²) >= 11 is 5.93. The highest BCUT2D eigenvalue weighted by atomic mass is 35.5. The van der Waals surface area contributed by atoms with E-state index in [-0.39, 0.29) is 5.41 Å². The number of nitrogens with zero attached hydrogens (tertiary/aromatic N) is 1. The van der Waals surface area contributed by atoms with Crippen molar-refractivity contribution in [2.24, 2.45) is 0 Å². The second kappa shape index (κ2) is 9.44. The van der Waals surface area contributed by atoms with Crippen LogP contribution in [-0.2, 0) is 5.41 Å². The van der Waals surface area contributed by atoms with Gasteiger partial charge in [0.1, 0.15) is 5.76 Å². The first-order chi connectivity index (χ1) is 9.62. The van der Waals surface area contributed by atoms with Gasteiger partial charge in [0.05, 0.1) is 0 Å². The molecule has 0 aliphatic rings. The minimum absolute atomic E-state index is 0.0988. The minimum atomic E-state index is 0.0988. The topological polar surface area (TPSA) is 26.0 Å². The highest BCUT2D eigenvalue weighted by Crippen LogP contribution is 2.36. The standard InChI is InChI=1S/C17H30ClNO/c1-4-6-8-10-12-17(3,13-11-9-7-5-2)15-14-16(18)19-20-15/h14H,4-13H2,1-3H3.